The Morgan fingerprint density at radius 2 is 0.789 bits per heavy atom. The lowest BCUT2D eigenvalue weighted by Crippen LogP contribution is -2.61. The van der Waals surface area contributed by atoms with E-state index in [4.69, 9.17) is 62.1 Å². The van der Waals surface area contributed by atoms with E-state index in [1.807, 2.05) is 0 Å². The number of hydrogen-bond acceptors (Lipinski definition) is 21. The Bertz CT molecular complexity index is 3790. The number of fused-ring (bicyclic) bond motifs is 1. The molecule has 0 bridgehead atoms. The smallest absolute Gasteiger partial charge is 0.326 e. The number of thioether (sulfide) groups is 1. The van der Waals surface area contributed by atoms with Gasteiger partial charge in [0.2, 0.25) is 82.7 Å². The van der Waals surface area contributed by atoms with Crippen LogP contribution in [-0.2, 0) is 84.8 Å². The maximum absolute atomic E-state index is 15.0. The lowest BCUT2D eigenvalue weighted by Gasteiger charge is -2.29. The van der Waals surface area contributed by atoms with Gasteiger partial charge in [-0.1, -0.05) is 62.4 Å². The Labute approximate surface area is 663 Å². The van der Waals surface area contributed by atoms with E-state index in [0.717, 1.165) is 0 Å². The Kier molecular flexibility index (Phi) is 43.0. The third-order valence-corrected chi connectivity index (χ3v) is 18.3. The monoisotopic (exact) mass is 1620 g/mol. The molecule has 1 heterocycles. The number of carbonyl (C=O) groups excluding carboxylic acids is 14. The molecule has 43 heteroatoms. The van der Waals surface area contributed by atoms with Crippen molar-refractivity contribution < 1.29 is 77.0 Å². The standard InChI is InChI=1S/C71H114N26O16S/c1-37(2)56(67(111)93-49(68(112)113)22-14-31-85-71(81)82)97-63(107)43(19-10-11-28-72)87-58(102)44(20-12-29-83-69(77)78)89-62(106)48(27-32-114-4)92-66(110)52(35-55(76)100)96-59(103)45(21-13-30-84-70(79)80)88-60(104)46(23-25-53(74)98)91-65(109)51(34-40-36-86-42-18-9-8-17-41(40)42)95-61(105)47(24-26-54(75)99)90-64(108)50(94-57(101)38(3)73)33-39-15-6-5-7-16-39/h5-9,15-18,36-38,43-52,56,86H,10-14,19-35,72-73H2,1-4H3,(H2,74,98)(H2,75,99)(H2,76,100)(H,87,102)(H,88,104)(H,89,106)(H,90,108)(H,91,109)(H,92,110)(H,93,111)(H,94,101)(H,95,105)(H,96,103)(H,97,107)(H,112,113)(H4,77,78,83)(H4,79,80,84)(H4,81,82,85)/t38-,43-,44-,45-,46-,47-,48-,49-,50-,51-,52-,56-/m0/s1. The van der Waals surface area contributed by atoms with Gasteiger partial charge < -0.3 is 130 Å². The number of unbranched alkanes of at least 4 members (excludes halogenated alkanes) is 1. The molecule has 114 heavy (non-hydrogen) atoms. The second kappa shape index (κ2) is 50.9. The first-order valence-corrected chi connectivity index (χ1v) is 38.5. The molecule has 3 rings (SSSR count). The Balaban J connectivity index is 2.06. The van der Waals surface area contributed by atoms with Gasteiger partial charge in [-0.2, -0.15) is 11.8 Å². The van der Waals surface area contributed by atoms with Crippen molar-refractivity contribution in [2.75, 3.05) is 38.2 Å². The summed E-state index contributed by atoms with van der Waals surface area (Å²) in [6.45, 7) is 4.78. The molecule has 0 radical (unpaired) electrons. The summed E-state index contributed by atoms with van der Waals surface area (Å²) in [5, 5.41) is 69.0. The van der Waals surface area contributed by atoms with Crippen LogP contribution in [0.25, 0.3) is 10.9 Å². The molecule has 0 aliphatic heterocycles. The molecule has 0 spiro atoms. The van der Waals surface area contributed by atoms with Crippen molar-refractivity contribution >= 4 is 129 Å². The SMILES string of the molecule is CSCC[C@H](NC(=O)[C@H](CC(N)=O)NC(=O)[C@H](CCCNC(=N)N)NC(=O)[C@H](CCC(N)=O)NC(=O)[C@H](Cc1c[nH]c2ccccc12)NC(=O)[C@H](CCC(N)=O)NC(=O)[C@H](Cc1ccccc1)NC(=O)[C@H](C)N)C(=O)N[C@@H](CCCNC(=N)N)C(=O)N[C@@H](CCCCN)C(=O)N[C@H](C(=O)N[C@@H](CCCNC(=N)N)C(=O)O)C(C)C. The van der Waals surface area contributed by atoms with Gasteiger partial charge in [-0.25, -0.2) is 4.79 Å². The number of aromatic nitrogens is 1. The number of hydrogen-bond donors (Lipinski definition) is 27. The molecule has 42 nitrogen and oxygen atoms in total. The van der Waals surface area contributed by atoms with Crippen LogP contribution in [0.2, 0.25) is 0 Å². The molecule has 0 fully saturated rings. The Morgan fingerprint density at radius 3 is 1.21 bits per heavy atom. The number of carboxylic acids is 1. The molecule has 0 aliphatic rings. The zero-order chi connectivity index (χ0) is 85.1. The summed E-state index contributed by atoms with van der Waals surface area (Å²) in [6.07, 6.45) is -0.183. The van der Waals surface area contributed by atoms with E-state index in [-0.39, 0.29) is 109 Å². The normalized spacial score (nSPS) is 14.2. The van der Waals surface area contributed by atoms with Crippen molar-refractivity contribution in [2.24, 2.45) is 51.8 Å². The maximum Gasteiger partial charge on any atom is 0.326 e. The van der Waals surface area contributed by atoms with Gasteiger partial charge in [0.15, 0.2) is 17.9 Å². The molecule has 3 aromatic rings. The number of aliphatic carboxylic acids is 1. The fraction of sp³-hybridized carbons (Fsp3) is 0.549. The van der Waals surface area contributed by atoms with E-state index in [2.05, 4.69) is 79.4 Å². The highest BCUT2D eigenvalue weighted by Gasteiger charge is 2.38. The molecule has 630 valence electrons. The third kappa shape index (κ3) is 36.5. The first-order chi connectivity index (χ1) is 53.9. The van der Waals surface area contributed by atoms with Crippen LogP contribution in [0.5, 0.6) is 0 Å². The van der Waals surface area contributed by atoms with E-state index < -0.39 is 211 Å². The molecule has 1 aromatic heterocycles. The van der Waals surface area contributed by atoms with Crippen LogP contribution < -0.4 is 120 Å². The number of carboxylic acid groups (broad SMARTS) is 1. The minimum atomic E-state index is -1.93. The van der Waals surface area contributed by atoms with Crippen molar-refractivity contribution in [3.8, 4) is 0 Å². The number of nitrogens with two attached hydrogens (primary N) is 8. The minimum absolute atomic E-state index is 0.000154. The summed E-state index contributed by atoms with van der Waals surface area (Å²) >= 11 is 1.23. The van der Waals surface area contributed by atoms with Gasteiger partial charge >= 0.3 is 5.97 Å². The molecular formula is C71H114N26O16S. The van der Waals surface area contributed by atoms with Crippen LogP contribution in [0.1, 0.15) is 128 Å². The van der Waals surface area contributed by atoms with Gasteiger partial charge in [0.05, 0.1) is 12.5 Å². The summed E-state index contributed by atoms with van der Waals surface area (Å²) in [4.78, 5) is 211. The Morgan fingerprint density at radius 1 is 0.421 bits per heavy atom. The molecular weight excluding hydrogens is 1510 g/mol. The van der Waals surface area contributed by atoms with Gasteiger partial charge in [-0.3, -0.25) is 83.4 Å². The van der Waals surface area contributed by atoms with Gasteiger partial charge in [0, 0.05) is 62.4 Å². The molecule has 0 aliphatic carbocycles. The molecule has 12 atom stereocenters. The number of benzene rings is 2. The zero-order valence-corrected chi connectivity index (χ0v) is 65.2. The molecule has 14 amide bonds. The van der Waals surface area contributed by atoms with Crippen molar-refractivity contribution in [1.29, 1.82) is 16.2 Å². The van der Waals surface area contributed by atoms with Crippen molar-refractivity contribution in [3.63, 3.8) is 0 Å². The average Bonchev–Trinajstić information content (AvgIpc) is 1.61. The molecule has 0 unspecified atom stereocenters. The van der Waals surface area contributed by atoms with Gasteiger partial charge in [0.25, 0.3) is 0 Å². The van der Waals surface area contributed by atoms with E-state index in [1.54, 1.807) is 80.9 Å². The maximum atomic E-state index is 15.0. The number of para-hydroxylation sites is 1. The number of primary amides is 3. The van der Waals surface area contributed by atoms with Gasteiger partial charge in [-0.15, -0.1) is 0 Å². The van der Waals surface area contributed by atoms with Crippen LogP contribution >= 0.6 is 11.8 Å². The number of carbonyl (C=O) groups is 15. The van der Waals surface area contributed by atoms with Crippen LogP contribution in [0.3, 0.4) is 0 Å². The molecule has 35 N–H and O–H groups in total. The molecule has 0 saturated heterocycles. The molecule has 0 saturated carbocycles. The number of nitrogens with one attached hydrogen (secondary N) is 18. The predicted molar refractivity (Wildman–Crippen MR) is 424 cm³/mol. The topological polar surface area (TPSA) is 740 Å². The van der Waals surface area contributed by atoms with E-state index in [0.29, 0.717) is 28.5 Å². The van der Waals surface area contributed by atoms with Crippen LogP contribution in [-0.4, -0.2) is 227 Å². The highest BCUT2D eigenvalue weighted by atomic mass is 32.2. The predicted octanol–water partition coefficient (Wildman–Crippen LogP) is -6.55. The van der Waals surface area contributed by atoms with E-state index in [1.165, 1.54) is 18.7 Å². The molecule has 2 aromatic carbocycles. The summed E-state index contributed by atoms with van der Waals surface area (Å²) < 4.78 is 0. The average molecular weight is 1620 g/mol. The highest BCUT2D eigenvalue weighted by Crippen LogP contribution is 2.21. The Hall–Kier alpha value is -11.9. The van der Waals surface area contributed by atoms with Gasteiger partial charge in [-0.05, 0) is 126 Å². The third-order valence-electron chi connectivity index (χ3n) is 17.6. The van der Waals surface area contributed by atoms with Crippen molar-refractivity contribution in [3.05, 3.63) is 71.9 Å². The highest BCUT2D eigenvalue weighted by molar-refractivity contribution is 7.98. The summed E-state index contributed by atoms with van der Waals surface area (Å²) in [5.41, 5.74) is 46.5. The summed E-state index contributed by atoms with van der Waals surface area (Å²) in [6, 6.07) is -3.00. The first-order valence-electron chi connectivity index (χ1n) is 37.1. The van der Waals surface area contributed by atoms with E-state index in [9.17, 15) is 77.0 Å². The van der Waals surface area contributed by atoms with Gasteiger partial charge in [0.1, 0.15) is 66.5 Å². The van der Waals surface area contributed by atoms with Crippen LogP contribution in [0.15, 0.2) is 60.8 Å². The second-order valence-corrected chi connectivity index (χ2v) is 28.4. The van der Waals surface area contributed by atoms with Crippen LogP contribution in [0.4, 0.5) is 0 Å². The van der Waals surface area contributed by atoms with Crippen molar-refractivity contribution in [2.45, 2.75) is 202 Å². The lowest BCUT2D eigenvalue weighted by atomic mass is 10.0. The zero-order valence-electron chi connectivity index (χ0n) is 64.4. The number of aromatic amines is 1. The lowest BCUT2D eigenvalue weighted by molar-refractivity contribution is -0.143. The fourth-order valence-electron chi connectivity index (χ4n) is 11.5. The number of amides is 14. The quantitative estimate of drug-likeness (QED) is 0.0142. The second-order valence-electron chi connectivity index (χ2n) is 27.4. The van der Waals surface area contributed by atoms with Crippen LogP contribution in [0, 0.1) is 22.1 Å². The van der Waals surface area contributed by atoms with Crippen molar-refractivity contribution in [1.82, 2.24) is 79.4 Å². The first kappa shape index (κ1) is 96.3. The largest absolute Gasteiger partial charge is 0.480 e. The summed E-state index contributed by atoms with van der Waals surface area (Å²) in [7, 11) is 0. The van der Waals surface area contributed by atoms with E-state index >= 15 is 0 Å². The number of rotatable bonds is 55. The number of H-pyrrole nitrogens is 1. The summed E-state index contributed by atoms with van der Waals surface area (Å²) in [5.74, 6) is -17.0. The fourth-order valence-corrected chi connectivity index (χ4v) is 12.0. The number of guanidine groups is 3. The minimum Gasteiger partial charge on any atom is -0.480 e.